The molecule has 154 valence electrons. The van der Waals surface area contributed by atoms with Gasteiger partial charge < -0.3 is 4.57 Å². The van der Waals surface area contributed by atoms with Gasteiger partial charge in [-0.1, -0.05) is 68.5 Å². The van der Waals surface area contributed by atoms with Crippen LogP contribution in [0.2, 0.25) is 0 Å². The third kappa shape index (κ3) is 2.44. The number of hydrogen-bond acceptors (Lipinski definition) is 0. The molecule has 2 heterocycles. The minimum absolute atomic E-state index is 0.00134. The van der Waals surface area contributed by atoms with Crippen molar-refractivity contribution in [3.05, 3.63) is 105 Å². The molecule has 0 radical (unpaired) electrons. The van der Waals surface area contributed by atoms with Crippen LogP contribution in [0.4, 0.5) is 0 Å². The number of allylic oxidation sites excluding steroid dienone is 1. The van der Waals surface area contributed by atoms with Crippen molar-refractivity contribution in [2.24, 2.45) is 0 Å². The predicted molar refractivity (Wildman–Crippen MR) is 132 cm³/mol. The minimum atomic E-state index is 0.00134. The summed E-state index contributed by atoms with van der Waals surface area (Å²) in [5.74, 6) is 0.428. The predicted octanol–water partition coefficient (Wildman–Crippen LogP) is 7.55. The SMILES string of the molecule is Cc1cc(C2C=Cc3c(c4cccc5c4n3-c3ccccc3C5(C)C)C2)cc(C)c1C. The molecule has 3 aromatic carbocycles. The van der Waals surface area contributed by atoms with E-state index in [2.05, 4.69) is 106 Å². The molecular weight excluding hydrogens is 374 g/mol. The Kier molecular flexibility index (Phi) is 3.76. The number of hydrogen-bond donors (Lipinski definition) is 0. The maximum atomic E-state index is 2.53. The molecule has 4 aromatic rings. The molecule has 0 N–H and O–H groups in total. The van der Waals surface area contributed by atoms with Crippen molar-refractivity contribution in [3.8, 4) is 5.69 Å². The normalized spacial score (nSPS) is 18.2. The van der Waals surface area contributed by atoms with Crippen LogP contribution in [-0.4, -0.2) is 4.57 Å². The van der Waals surface area contributed by atoms with Crippen molar-refractivity contribution >= 4 is 17.0 Å². The van der Waals surface area contributed by atoms with Crippen molar-refractivity contribution in [1.29, 1.82) is 0 Å². The number of benzene rings is 3. The van der Waals surface area contributed by atoms with Gasteiger partial charge in [-0.2, -0.15) is 0 Å². The molecule has 0 amide bonds. The lowest BCUT2D eigenvalue weighted by Gasteiger charge is -2.34. The van der Waals surface area contributed by atoms with Crippen molar-refractivity contribution < 1.29 is 0 Å². The van der Waals surface area contributed by atoms with E-state index in [0.29, 0.717) is 5.92 Å². The summed E-state index contributed by atoms with van der Waals surface area (Å²) in [6.45, 7) is 11.4. The van der Waals surface area contributed by atoms with E-state index in [1.54, 1.807) is 0 Å². The second-order valence-electron chi connectivity index (χ2n) is 9.99. The third-order valence-electron chi connectivity index (χ3n) is 7.91. The van der Waals surface area contributed by atoms with Gasteiger partial charge in [0.15, 0.2) is 0 Å². The lowest BCUT2D eigenvalue weighted by Crippen LogP contribution is -2.26. The standard InChI is InChI=1S/C30H29N/c1-18-15-22(16-19(2)20(18)3)21-13-14-27-24(17-21)23-9-8-11-26-29(23)31(27)28-12-7-6-10-25(28)30(26,4)5/h6-16,21H,17H2,1-5H3. The summed E-state index contributed by atoms with van der Waals surface area (Å²) in [5.41, 5.74) is 14.1. The fourth-order valence-electron chi connectivity index (χ4n) is 5.92. The van der Waals surface area contributed by atoms with E-state index in [9.17, 15) is 0 Å². The highest BCUT2D eigenvalue weighted by molar-refractivity contribution is 5.96. The monoisotopic (exact) mass is 403 g/mol. The number of rotatable bonds is 1. The van der Waals surface area contributed by atoms with Gasteiger partial charge in [0.25, 0.3) is 0 Å². The highest BCUT2D eigenvalue weighted by Crippen LogP contribution is 2.48. The molecule has 0 saturated heterocycles. The zero-order chi connectivity index (χ0) is 21.5. The molecule has 2 aliphatic rings. The minimum Gasteiger partial charge on any atom is -0.309 e. The second-order valence-corrected chi connectivity index (χ2v) is 9.99. The first-order chi connectivity index (χ1) is 14.9. The smallest absolute Gasteiger partial charge is 0.0578 e. The van der Waals surface area contributed by atoms with Gasteiger partial charge in [-0.3, -0.25) is 0 Å². The zero-order valence-electron chi connectivity index (χ0n) is 19.1. The van der Waals surface area contributed by atoms with Crippen LogP contribution in [0, 0.1) is 20.8 Å². The largest absolute Gasteiger partial charge is 0.309 e. The summed E-state index contributed by atoms with van der Waals surface area (Å²) in [5, 5.41) is 1.42. The molecule has 1 aliphatic carbocycles. The third-order valence-corrected chi connectivity index (χ3v) is 7.91. The molecular formula is C30H29N. The molecule has 0 bridgehead atoms. The van der Waals surface area contributed by atoms with Crippen LogP contribution in [-0.2, 0) is 11.8 Å². The number of nitrogens with zero attached hydrogens (tertiary/aromatic N) is 1. The number of para-hydroxylation sites is 2. The number of aromatic nitrogens is 1. The molecule has 1 heteroatoms. The van der Waals surface area contributed by atoms with Crippen molar-refractivity contribution in [2.45, 2.75) is 52.4 Å². The highest BCUT2D eigenvalue weighted by Gasteiger charge is 2.36. The van der Waals surface area contributed by atoms with Crippen LogP contribution in [0.15, 0.2) is 60.7 Å². The molecule has 0 fully saturated rings. The van der Waals surface area contributed by atoms with E-state index in [4.69, 9.17) is 0 Å². The first kappa shape index (κ1) is 18.7. The number of aryl methyl sites for hydroxylation is 2. The van der Waals surface area contributed by atoms with Gasteiger partial charge >= 0.3 is 0 Å². The van der Waals surface area contributed by atoms with Gasteiger partial charge in [0.2, 0.25) is 0 Å². The van der Waals surface area contributed by atoms with Crippen LogP contribution < -0.4 is 0 Å². The van der Waals surface area contributed by atoms with Gasteiger partial charge in [-0.25, -0.2) is 0 Å². The molecule has 0 spiro atoms. The van der Waals surface area contributed by atoms with Gasteiger partial charge in [0, 0.05) is 22.4 Å². The first-order valence-electron chi connectivity index (χ1n) is 11.4. The maximum Gasteiger partial charge on any atom is 0.0578 e. The summed E-state index contributed by atoms with van der Waals surface area (Å²) < 4.78 is 2.53. The Morgan fingerprint density at radius 2 is 1.58 bits per heavy atom. The Labute approximate surface area is 185 Å². The van der Waals surface area contributed by atoms with Crippen LogP contribution in [0.1, 0.15) is 64.4 Å². The van der Waals surface area contributed by atoms with Crippen LogP contribution >= 0.6 is 0 Å². The molecule has 1 aliphatic heterocycles. The Balaban J connectivity index is 1.60. The average Bonchev–Trinajstić information content (AvgIpc) is 3.10. The maximum absolute atomic E-state index is 2.53. The summed E-state index contributed by atoms with van der Waals surface area (Å²) in [6.07, 6.45) is 5.87. The summed E-state index contributed by atoms with van der Waals surface area (Å²) >= 11 is 0. The second kappa shape index (κ2) is 6.23. The summed E-state index contributed by atoms with van der Waals surface area (Å²) in [7, 11) is 0. The quantitative estimate of drug-likeness (QED) is 0.309. The molecule has 1 aromatic heterocycles. The number of fused-ring (bicyclic) bond motifs is 5. The lowest BCUT2D eigenvalue weighted by atomic mass is 9.74. The van der Waals surface area contributed by atoms with Crippen LogP contribution in [0.5, 0.6) is 0 Å². The Hall–Kier alpha value is -3.06. The topological polar surface area (TPSA) is 4.93 Å². The van der Waals surface area contributed by atoms with E-state index in [0.717, 1.165) is 6.42 Å². The van der Waals surface area contributed by atoms with E-state index >= 15 is 0 Å². The molecule has 1 nitrogen and oxygen atoms in total. The van der Waals surface area contributed by atoms with Crippen molar-refractivity contribution in [1.82, 2.24) is 4.57 Å². The fourth-order valence-corrected chi connectivity index (χ4v) is 5.92. The first-order valence-corrected chi connectivity index (χ1v) is 11.4. The fraction of sp³-hybridized carbons (Fsp3) is 0.267. The van der Waals surface area contributed by atoms with E-state index in [-0.39, 0.29) is 5.41 Å². The molecule has 6 rings (SSSR count). The van der Waals surface area contributed by atoms with Crippen molar-refractivity contribution in [3.63, 3.8) is 0 Å². The van der Waals surface area contributed by atoms with E-state index < -0.39 is 0 Å². The molecule has 0 saturated carbocycles. The Bertz CT molecular complexity index is 1390. The van der Waals surface area contributed by atoms with Gasteiger partial charge in [0.05, 0.1) is 11.2 Å². The summed E-state index contributed by atoms with van der Waals surface area (Å²) in [6, 6.07) is 20.6. The highest BCUT2D eigenvalue weighted by atomic mass is 15.0. The van der Waals surface area contributed by atoms with E-state index in [1.165, 1.54) is 61.2 Å². The van der Waals surface area contributed by atoms with Crippen LogP contribution in [0.25, 0.3) is 22.7 Å². The Morgan fingerprint density at radius 3 is 2.35 bits per heavy atom. The molecule has 1 atom stereocenters. The van der Waals surface area contributed by atoms with E-state index in [1.807, 2.05) is 0 Å². The lowest BCUT2D eigenvalue weighted by molar-refractivity contribution is 0.628. The van der Waals surface area contributed by atoms with Gasteiger partial charge in [-0.05, 0) is 78.3 Å². The van der Waals surface area contributed by atoms with Crippen LogP contribution in [0.3, 0.4) is 0 Å². The van der Waals surface area contributed by atoms with Crippen molar-refractivity contribution in [2.75, 3.05) is 0 Å². The Morgan fingerprint density at radius 1 is 0.871 bits per heavy atom. The summed E-state index contributed by atoms with van der Waals surface area (Å²) in [4.78, 5) is 0. The van der Waals surface area contributed by atoms with Gasteiger partial charge in [-0.15, -0.1) is 0 Å². The van der Waals surface area contributed by atoms with Gasteiger partial charge in [0.1, 0.15) is 0 Å². The molecule has 31 heavy (non-hydrogen) atoms. The average molecular weight is 404 g/mol. The zero-order valence-corrected chi connectivity index (χ0v) is 19.1. The molecule has 1 unspecified atom stereocenters.